The Morgan fingerprint density at radius 3 is 2.37 bits per heavy atom. The van der Waals surface area contributed by atoms with E-state index in [9.17, 15) is 9.59 Å². The van der Waals surface area contributed by atoms with Crippen LogP contribution < -0.4 is 16.4 Å². The maximum Gasteiger partial charge on any atom is 0.242 e. The molecule has 0 spiro atoms. The first-order chi connectivity index (χ1) is 8.89. The first-order valence-corrected chi connectivity index (χ1v) is 6.78. The molecule has 0 aromatic carbocycles. The van der Waals surface area contributed by atoms with Gasteiger partial charge in [0.1, 0.15) is 6.04 Å². The quantitative estimate of drug-likeness (QED) is 0.644. The van der Waals surface area contributed by atoms with Gasteiger partial charge in [-0.1, -0.05) is 13.8 Å². The number of ether oxygens (including phenoxy) is 1. The largest absolute Gasteiger partial charge is 0.381 e. The second-order valence-corrected chi connectivity index (χ2v) is 5.54. The average molecular weight is 271 g/mol. The molecule has 110 valence electrons. The van der Waals surface area contributed by atoms with Crippen LogP contribution >= 0.6 is 0 Å². The highest BCUT2D eigenvalue weighted by atomic mass is 16.5. The Kier molecular flexibility index (Phi) is 5.75. The fourth-order valence-electron chi connectivity index (χ4n) is 2.14. The van der Waals surface area contributed by atoms with E-state index in [1.165, 1.54) is 0 Å². The molecule has 1 saturated heterocycles. The molecule has 1 heterocycles. The maximum absolute atomic E-state index is 12.3. The molecule has 0 radical (unpaired) electrons. The van der Waals surface area contributed by atoms with E-state index >= 15 is 0 Å². The third kappa shape index (κ3) is 4.47. The van der Waals surface area contributed by atoms with Crippen molar-refractivity contribution in [1.82, 2.24) is 10.6 Å². The molecule has 0 aromatic heterocycles. The number of carbonyl (C=O) groups excluding carboxylic acids is 2. The molecule has 2 amide bonds. The normalized spacial score (nSPS) is 19.8. The fourth-order valence-corrected chi connectivity index (χ4v) is 2.14. The van der Waals surface area contributed by atoms with Crippen LogP contribution in [-0.4, -0.2) is 43.7 Å². The van der Waals surface area contributed by atoms with Crippen LogP contribution in [0.2, 0.25) is 0 Å². The van der Waals surface area contributed by atoms with Crippen molar-refractivity contribution >= 4 is 11.8 Å². The molecular formula is C13H25N3O3. The molecule has 1 atom stereocenters. The Morgan fingerprint density at radius 2 is 1.89 bits per heavy atom. The number of nitrogens with one attached hydrogen (secondary N) is 2. The molecule has 1 rings (SSSR count). The van der Waals surface area contributed by atoms with E-state index in [-0.39, 0.29) is 11.8 Å². The Morgan fingerprint density at radius 1 is 1.32 bits per heavy atom. The molecule has 1 aliphatic rings. The SMILES string of the molecule is CNC(=O)C(CC(C)C)NC(=O)C1(N)CCOCC1. The highest BCUT2D eigenvalue weighted by molar-refractivity contribution is 5.91. The van der Waals surface area contributed by atoms with Crippen molar-refractivity contribution in [2.24, 2.45) is 11.7 Å². The van der Waals surface area contributed by atoms with Crippen molar-refractivity contribution in [1.29, 1.82) is 0 Å². The zero-order valence-electron chi connectivity index (χ0n) is 12.0. The van der Waals surface area contributed by atoms with E-state index in [1.54, 1.807) is 7.05 Å². The van der Waals surface area contributed by atoms with Crippen molar-refractivity contribution in [2.45, 2.75) is 44.7 Å². The topological polar surface area (TPSA) is 93.5 Å². The van der Waals surface area contributed by atoms with Gasteiger partial charge in [0.2, 0.25) is 11.8 Å². The van der Waals surface area contributed by atoms with Crippen LogP contribution in [0.5, 0.6) is 0 Å². The van der Waals surface area contributed by atoms with Gasteiger partial charge in [0.15, 0.2) is 0 Å². The zero-order chi connectivity index (χ0) is 14.5. The van der Waals surface area contributed by atoms with Gasteiger partial charge in [-0.3, -0.25) is 9.59 Å². The molecule has 0 saturated carbocycles. The smallest absolute Gasteiger partial charge is 0.242 e. The third-order valence-corrected chi connectivity index (χ3v) is 3.41. The van der Waals surface area contributed by atoms with Gasteiger partial charge in [-0.05, 0) is 25.2 Å². The average Bonchev–Trinajstić information content (AvgIpc) is 2.37. The number of nitrogens with two attached hydrogens (primary N) is 1. The van der Waals surface area contributed by atoms with Gasteiger partial charge in [-0.2, -0.15) is 0 Å². The minimum atomic E-state index is -0.915. The summed E-state index contributed by atoms with van der Waals surface area (Å²) in [5.74, 6) is -0.131. The Labute approximate surface area is 114 Å². The predicted octanol–water partition coefficient (Wildman–Crippen LogP) is -0.229. The second kappa shape index (κ2) is 6.86. The summed E-state index contributed by atoms with van der Waals surface area (Å²) in [4.78, 5) is 24.0. The first kappa shape index (κ1) is 15.9. The van der Waals surface area contributed by atoms with Crippen molar-refractivity contribution in [3.63, 3.8) is 0 Å². The van der Waals surface area contributed by atoms with Crippen molar-refractivity contribution in [3.8, 4) is 0 Å². The Bertz CT molecular complexity index is 325. The minimum absolute atomic E-state index is 0.183. The summed E-state index contributed by atoms with van der Waals surface area (Å²) in [6.45, 7) is 4.99. The van der Waals surface area contributed by atoms with E-state index in [1.807, 2.05) is 13.8 Å². The number of likely N-dealkylation sites (N-methyl/N-ethyl adjacent to an activating group) is 1. The second-order valence-electron chi connectivity index (χ2n) is 5.54. The standard InChI is InChI=1S/C13H25N3O3/c1-9(2)8-10(11(17)15-3)16-12(18)13(14)4-6-19-7-5-13/h9-10H,4-8,14H2,1-3H3,(H,15,17)(H,16,18). The van der Waals surface area contributed by atoms with Gasteiger partial charge in [-0.25, -0.2) is 0 Å². The van der Waals surface area contributed by atoms with Crippen LogP contribution in [0.15, 0.2) is 0 Å². The van der Waals surface area contributed by atoms with Gasteiger partial charge in [0.25, 0.3) is 0 Å². The van der Waals surface area contributed by atoms with E-state index in [4.69, 9.17) is 10.5 Å². The first-order valence-electron chi connectivity index (χ1n) is 6.78. The summed E-state index contributed by atoms with van der Waals surface area (Å²) in [6.07, 6.45) is 1.57. The number of carbonyl (C=O) groups is 2. The number of hydrogen-bond acceptors (Lipinski definition) is 4. The predicted molar refractivity (Wildman–Crippen MR) is 72.4 cm³/mol. The van der Waals surface area contributed by atoms with E-state index in [2.05, 4.69) is 10.6 Å². The summed E-state index contributed by atoms with van der Waals surface area (Å²) >= 11 is 0. The third-order valence-electron chi connectivity index (χ3n) is 3.41. The molecule has 1 unspecified atom stereocenters. The van der Waals surface area contributed by atoms with Crippen LogP contribution in [0.25, 0.3) is 0 Å². The number of hydrogen-bond donors (Lipinski definition) is 3. The van der Waals surface area contributed by atoms with Crippen LogP contribution in [-0.2, 0) is 14.3 Å². The number of amides is 2. The van der Waals surface area contributed by atoms with Gasteiger partial charge < -0.3 is 21.1 Å². The number of rotatable bonds is 5. The Balaban J connectivity index is 2.66. The van der Waals surface area contributed by atoms with Crippen LogP contribution in [0.4, 0.5) is 0 Å². The minimum Gasteiger partial charge on any atom is -0.381 e. The van der Waals surface area contributed by atoms with Gasteiger partial charge in [0, 0.05) is 20.3 Å². The summed E-state index contributed by atoms with van der Waals surface area (Å²) in [5, 5.41) is 5.35. The molecule has 6 nitrogen and oxygen atoms in total. The summed E-state index contributed by atoms with van der Waals surface area (Å²) in [7, 11) is 1.56. The van der Waals surface area contributed by atoms with Crippen LogP contribution in [0.3, 0.4) is 0 Å². The van der Waals surface area contributed by atoms with E-state index in [0.29, 0.717) is 38.4 Å². The molecule has 0 aliphatic carbocycles. The maximum atomic E-state index is 12.3. The molecule has 4 N–H and O–H groups in total. The lowest BCUT2D eigenvalue weighted by atomic mass is 9.89. The van der Waals surface area contributed by atoms with E-state index < -0.39 is 11.6 Å². The highest BCUT2D eigenvalue weighted by Gasteiger charge is 2.37. The highest BCUT2D eigenvalue weighted by Crippen LogP contribution is 2.18. The molecule has 1 fully saturated rings. The van der Waals surface area contributed by atoms with Crippen LogP contribution in [0.1, 0.15) is 33.1 Å². The molecule has 19 heavy (non-hydrogen) atoms. The summed E-state index contributed by atoms with van der Waals surface area (Å²) in [5.41, 5.74) is 5.18. The van der Waals surface area contributed by atoms with Crippen molar-refractivity contribution in [3.05, 3.63) is 0 Å². The van der Waals surface area contributed by atoms with Crippen molar-refractivity contribution in [2.75, 3.05) is 20.3 Å². The summed E-state index contributed by atoms with van der Waals surface area (Å²) in [6, 6.07) is -0.527. The molecule has 6 heteroatoms. The molecule has 0 aromatic rings. The lowest BCUT2D eigenvalue weighted by Crippen LogP contribution is -2.60. The molecule has 1 aliphatic heterocycles. The lowest BCUT2D eigenvalue weighted by Gasteiger charge is -2.33. The van der Waals surface area contributed by atoms with Crippen molar-refractivity contribution < 1.29 is 14.3 Å². The Hall–Kier alpha value is -1.14. The van der Waals surface area contributed by atoms with Gasteiger partial charge in [0.05, 0.1) is 5.54 Å². The van der Waals surface area contributed by atoms with Crippen LogP contribution in [0, 0.1) is 5.92 Å². The molecular weight excluding hydrogens is 246 g/mol. The zero-order valence-corrected chi connectivity index (χ0v) is 12.0. The summed E-state index contributed by atoms with van der Waals surface area (Å²) < 4.78 is 5.21. The molecule has 0 bridgehead atoms. The monoisotopic (exact) mass is 271 g/mol. The van der Waals surface area contributed by atoms with Gasteiger partial charge in [-0.15, -0.1) is 0 Å². The fraction of sp³-hybridized carbons (Fsp3) is 0.846. The lowest BCUT2D eigenvalue weighted by molar-refractivity contribution is -0.134. The van der Waals surface area contributed by atoms with E-state index in [0.717, 1.165) is 0 Å². The van der Waals surface area contributed by atoms with Gasteiger partial charge >= 0.3 is 0 Å².